The van der Waals surface area contributed by atoms with Crippen molar-refractivity contribution in [2.75, 3.05) is 19.1 Å². The summed E-state index contributed by atoms with van der Waals surface area (Å²) in [6, 6.07) is 12.4. The second-order valence-electron chi connectivity index (χ2n) is 5.65. The molecule has 1 saturated carbocycles. The van der Waals surface area contributed by atoms with E-state index in [-0.39, 0.29) is 0 Å². The second-order valence-corrected chi connectivity index (χ2v) is 6.60. The van der Waals surface area contributed by atoms with Gasteiger partial charge in [-0.1, -0.05) is 31.4 Å². The van der Waals surface area contributed by atoms with Gasteiger partial charge in [0.05, 0.1) is 12.8 Å². The van der Waals surface area contributed by atoms with Crippen molar-refractivity contribution >= 4 is 17.0 Å². The van der Waals surface area contributed by atoms with Crippen LogP contribution < -0.4 is 9.64 Å². The normalized spacial score (nSPS) is 15.9. The van der Waals surface area contributed by atoms with Crippen molar-refractivity contribution < 1.29 is 4.74 Å². The van der Waals surface area contributed by atoms with Gasteiger partial charge in [0.15, 0.2) is 5.75 Å². The maximum absolute atomic E-state index is 5.75. The fourth-order valence-corrected chi connectivity index (χ4v) is 3.97. The van der Waals surface area contributed by atoms with E-state index in [2.05, 4.69) is 41.6 Å². The lowest BCUT2D eigenvalue weighted by Gasteiger charge is -2.34. The molecule has 1 aliphatic rings. The van der Waals surface area contributed by atoms with Gasteiger partial charge in [-0.05, 0) is 30.4 Å². The average Bonchev–Trinajstić information content (AvgIpc) is 3.08. The smallest absolute Gasteiger partial charge is 0.151 e. The van der Waals surface area contributed by atoms with Crippen molar-refractivity contribution in [3.05, 3.63) is 35.7 Å². The summed E-state index contributed by atoms with van der Waals surface area (Å²) in [5.74, 6) is 0.952. The summed E-state index contributed by atoms with van der Waals surface area (Å²) < 4.78 is 5.75. The van der Waals surface area contributed by atoms with Crippen LogP contribution >= 0.6 is 11.3 Å². The maximum atomic E-state index is 5.75. The van der Waals surface area contributed by atoms with Crippen molar-refractivity contribution in [2.24, 2.45) is 0 Å². The number of hydrogen-bond acceptors (Lipinski definition) is 3. The maximum Gasteiger partial charge on any atom is 0.151 e. The van der Waals surface area contributed by atoms with Gasteiger partial charge >= 0.3 is 0 Å². The van der Waals surface area contributed by atoms with Crippen molar-refractivity contribution in [3.63, 3.8) is 0 Å². The molecule has 0 spiro atoms. The Morgan fingerprint density at radius 3 is 2.71 bits per heavy atom. The Labute approximate surface area is 131 Å². The third-order valence-corrected chi connectivity index (χ3v) is 5.30. The van der Waals surface area contributed by atoms with E-state index < -0.39 is 0 Å². The summed E-state index contributed by atoms with van der Waals surface area (Å²) in [5, 5.41) is 2.11. The van der Waals surface area contributed by atoms with Crippen LogP contribution in [0.2, 0.25) is 0 Å². The lowest BCUT2D eigenvalue weighted by Crippen LogP contribution is -2.33. The molecule has 0 saturated heterocycles. The van der Waals surface area contributed by atoms with E-state index in [0.29, 0.717) is 6.04 Å². The molecule has 0 atom stereocenters. The highest BCUT2D eigenvalue weighted by atomic mass is 32.1. The Morgan fingerprint density at radius 2 is 2.05 bits per heavy atom. The molecule has 1 aliphatic carbocycles. The number of methoxy groups -OCH3 is 1. The third kappa shape index (κ3) is 2.93. The Hall–Kier alpha value is -1.48. The van der Waals surface area contributed by atoms with Crippen LogP contribution in [0.5, 0.6) is 5.75 Å². The van der Waals surface area contributed by atoms with Gasteiger partial charge in [0.2, 0.25) is 0 Å². The minimum absolute atomic E-state index is 0.613. The summed E-state index contributed by atoms with van der Waals surface area (Å²) in [7, 11) is 3.95. The standard InChI is InChI=1S/C18H22NOS/c1-19(14-8-4-3-5-9-14)16-11-6-10-15(18(16)20-2)17-12-7-13-21-17/h6-7,10,12-14H,3-5,8-9H2,1-2H3. The Bertz CT molecular complexity index is 573. The molecule has 2 aromatic rings. The second kappa shape index (κ2) is 6.52. The zero-order valence-corrected chi connectivity index (χ0v) is 13.6. The monoisotopic (exact) mass is 300 g/mol. The first-order chi connectivity index (χ1) is 10.3. The Kier molecular flexibility index (Phi) is 4.49. The van der Waals surface area contributed by atoms with Crippen molar-refractivity contribution in [1.29, 1.82) is 0 Å². The molecule has 3 heteroatoms. The molecule has 1 aromatic heterocycles. The molecule has 111 valence electrons. The molecule has 1 radical (unpaired) electrons. The zero-order valence-electron chi connectivity index (χ0n) is 12.8. The van der Waals surface area contributed by atoms with E-state index in [4.69, 9.17) is 4.74 Å². The number of anilines is 1. The predicted octanol–water partition coefficient (Wildman–Crippen LogP) is 4.99. The van der Waals surface area contributed by atoms with E-state index in [0.717, 1.165) is 11.4 Å². The largest absolute Gasteiger partial charge is 0.494 e. The first-order valence-electron chi connectivity index (χ1n) is 7.66. The molecule has 0 amide bonds. The molecule has 1 fully saturated rings. The van der Waals surface area contributed by atoms with Gasteiger partial charge in [0.1, 0.15) is 0 Å². The molecule has 1 heterocycles. The molecule has 3 rings (SSSR count). The quantitative estimate of drug-likeness (QED) is 0.788. The van der Waals surface area contributed by atoms with Crippen LogP contribution in [0.1, 0.15) is 32.1 Å². The number of benzene rings is 1. The predicted molar refractivity (Wildman–Crippen MR) is 90.4 cm³/mol. The highest BCUT2D eigenvalue weighted by Crippen LogP contribution is 2.41. The molecule has 0 bridgehead atoms. The molecule has 0 N–H and O–H groups in total. The van der Waals surface area contributed by atoms with Crippen LogP contribution in [0, 0.1) is 6.07 Å². The van der Waals surface area contributed by atoms with E-state index >= 15 is 0 Å². The lowest BCUT2D eigenvalue weighted by atomic mass is 9.94. The summed E-state index contributed by atoms with van der Waals surface area (Å²) in [6.07, 6.45) is 6.59. The molecule has 0 aliphatic heterocycles. The van der Waals surface area contributed by atoms with Crippen LogP contribution in [0.3, 0.4) is 0 Å². The van der Waals surface area contributed by atoms with E-state index in [1.54, 1.807) is 18.4 Å². The molecular weight excluding hydrogens is 278 g/mol. The zero-order chi connectivity index (χ0) is 14.7. The highest BCUT2D eigenvalue weighted by Gasteiger charge is 2.22. The molecular formula is C18H22NOS. The summed E-state index contributed by atoms with van der Waals surface area (Å²) in [6.45, 7) is 0. The number of rotatable bonds is 4. The van der Waals surface area contributed by atoms with E-state index in [9.17, 15) is 0 Å². The van der Waals surface area contributed by atoms with Gasteiger partial charge in [-0.3, -0.25) is 0 Å². The van der Waals surface area contributed by atoms with E-state index in [1.165, 1.54) is 42.5 Å². The number of nitrogens with zero attached hydrogens (tertiary/aromatic N) is 1. The van der Waals surface area contributed by atoms with Crippen LogP contribution in [0.15, 0.2) is 29.6 Å². The van der Waals surface area contributed by atoms with Gasteiger partial charge in [0.25, 0.3) is 0 Å². The molecule has 0 unspecified atom stereocenters. The van der Waals surface area contributed by atoms with Gasteiger partial charge in [-0.15, -0.1) is 11.3 Å². The summed E-state index contributed by atoms with van der Waals surface area (Å²) in [4.78, 5) is 3.62. The molecule has 1 aromatic carbocycles. The van der Waals surface area contributed by atoms with Crippen LogP contribution in [-0.2, 0) is 0 Å². The van der Waals surface area contributed by atoms with Crippen molar-refractivity contribution in [2.45, 2.75) is 38.1 Å². The van der Waals surface area contributed by atoms with Crippen LogP contribution in [0.25, 0.3) is 10.4 Å². The van der Waals surface area contributed by atoms with Crippen molar-refractivity contribution in [1.82, 2.24) is 0 Å². The minimum Gasteiger partial charge on any atom is -0.494 e. The number of ether oxygens (including phenoxy) is 1. The Balaban J connectivity index is 1.96. The summed E-state index contributed by atoms with van der Waals surface area (Å²) >= 11 is 1.75. The summed E-state index contributed by atoms with van der Waals surface area (Å²) in [5.41, 5.74) is 2.26. The fourth-order valence-electron chi connectivity index (χ4n) is 3.22. The first-order valence-corrected chi connectivity index (χ1v) is 8.54. The van der Waals surface area contributed by atoms with Gasteiger partial charge < -0.3 is 9.64 Å². The molecule has 21 heavy (non-hydrogen) atoms. The number of hydrogen-bond donors (Lipinski definition) is 0. The highest BCUT2D eigenvalue weighted by molar-refractivity contribution is 7.13. The lowest BCUT2D eigenvalue weighted by molar-refractivity contribution is 0.402. The van der Waals surface area contributed by atoms with Gasteiger partial charge in [-0.2, -0.15) is 0 Å². The fraction of sp³-hybridized carbons (Fsp3) is 0.444. The van der Waals surface area contributed by atoms with E-state index in [1.807, 2.05) is 6.07 Å². The van der Waals surface area contributed by atoms with Crippen LogP contribution in [-0.4, -0.2) is 20.2 Å². The molecule has 2 nitrogen and oxygen atoms in total. The Morgan fingerprint density at radius 1 is 1.24 bits per heavy atom. The number of thiophene rings is 1. The average molecular weight is 300 g/mol. The minimum atomic E-state index is 0.613. The third-order valence-electron chi connectivity index (χ3n) is 4.40. The van der Waals surface area contributed by atoms with Gasteiger partial charge in [0, 0.05) is 29.6 Å². The SMILES string of the molecule is COc1c(N(C)C2CCCCC2)[c]ccc1-c1cccs1. The van der Waals surface area contributed by atoms with Crippen LogP contribution in [0.4, 0.5) is 5.69 Å². The van der Waals surface area contributed by atoms with Crippen molar-refractivity contribution in [3.8, 4) is 16.2 Å². The first kappa shape index (κ1) is 14.5. The van der Waals surface area contributed by atoms with Gasteiger partial charge in [-0.25, -0.2) is 0 Å². The topological polar surface area (TPSA) is 12.5 Å².